The Hall–Kier alpha value is -1.16. The molecule has 1 aromatic carbocycles. The third-order valence-electron chi connectivity index (χ3n) is 3.97. The molecule has 110 valence electrons. The van der Waals surface area contributed by atoms with E-state index in [4.69, 9.17) is 0 Å². The molecule has 1 aromatic rings. The Bertz CT molecular complexity index is 489. The van der Waals surface area contributed by atoms with Crippen LogP contribution in [0.25, 0.3) is 0 Å². The zero-order valence-corrected chi connectivity index (χ0v) is 13.2. The van der Waals surface area contributed by atoms with Crippen molar-refractivity contribution >= 4 is 23.4 Å². The maximum absolute atomic E-state index is 11.7. The van der Waals surface area contributed by atoms with Crippen molar-refractivity contribution in [3.05, 3.63) is 23.8 Å². The second-order valence-electron chi connectivity index (χ2n) is 5.56. The maximum Gasteiger partial charge on any atom is 0.338 e. The number of piperidine rings is 1. The predicted octanol–water partition coefficient (Wildman–Crippen LogP) is 4.12. The first-order valence-corrected chi connectivity index (χ1v) is 8.28. The van der Waals surface area contributed by atoms with E-state index in [-0.39, 0.29) is 0 Å². The molecule has 1 saturated heterocycles. The van der Waals surface area contributed by atoms with Crippen LogP contribution in [0.3, 0.4) is 0 Å². The number of aromatic carboxylic acids is 1. The van der Waals surface area contributed by atoms with Crippen LogP contribution in [0.15, 0.2) is 23.1 Å². The Morgan fingerprint density at radius 1 is 1.45 bits per heavy atom. The Labute approximate surface area is 125 Å². The summed E-state index contributed by atoms with van der Waals surface area (Å²) in [4.78, 5) is 14.8. The third-order valence-corrected chi connectivity index (χ3v) is 4.91. The Morgan fingerprint density at radius 3 is 2.80 bits per heavy atom. The summed E-state index contributed by atoms with van der Waals surface area (Å²) in [6.45, 7) is 7.47. The molecule has 0 amide bonds. The van der Waals surface area contributed by atoms with Crippen LogP contribution in [0, 0.1) is 5.92 Å². The van der Waals surface area contributed by atoms with Crippen molar-refractivity contribution in [3.8, 4) is 0 Å². The largest absolute Gasteiger partial charge is 0.478 e. The van der Waals surface area contributed by atoms with E-state index in [1.54, 1.807) is 11.8 Å². The van der Waals surface area contributed by atoms with Gasteiger partial charge < -0.3 is 10.0 Å². The molecule has 0 bridgehead atoms. The molecule has 0 aromatic heterocycles. The minimum atomic E-state index is -0.817. The Balaban J connectivity index is 2.40. The Morgan fingerprint density at radius 2 is 2.20 bits per heavy atom. The van der Waals surface area contributed by atoms with Crippen LogP contribution >= 0.6 is 11.8 Å². The van der Waals surface area contributed by atoms with Crippen molar-refractivity contribution in [2.45, 2.75) is 44.6 Å². The first-order valence-electron chi connectivity index (χ1n) is 7.30. The molecule has 1 aliphatic rings. The zero-order valence-electron chi connectivity index (χ0n) is 12.4. The zero-order chi connectivity index (χ0) is 14.7. The fourth-order valence-corrected chi connectivity index (χ4v) is 3.84. The van der Waals surface area contributed by atoms with Crippen molar-refractivity contribution in [2.75, 3.05) is 17.2 Å². The lowest BCUT2D eigenvalue weighted by atomic mass is 9.92. The lowest BCUT2D eigenvalue weighted by molar-refractivity contribution is 0.0693. The summed E-state index contributed by atoms with van der Waals surface area (Å²) >= 11 is 1.60. The first kappa shape index (κ1) is 15.2. The molecule has 1 N–H and O–H groups in total. The molecule has 1 heterocycles. The monoisotopic (exact) mass is 293 g/mol. The fourth-order valence-electron chi connectivity index (χ4n) is 3.01. The summed E-state index contributed by atoms with van der Waals surface area (Å²) < 4.78 is 0. The summed E-state index contributed by atoms with van der Waals surface area (Å²) in [6, 6.07) is 6.25. The van der Waals surface area contributed by atoms with E-state index in [0.717, 1.165) is 41.6 Å². The molecule has 20 heavy (non-hydrogen) atoms. The highest BCUT2D eigenvalue weighted by molar-refractivity contribution is 7.99. The molecule has 2 unspecified atom stereocenters. The quantitative estimate of drug-likeness (QED) is 0.848. The lowest BCUT2D eigenvalue weighted by Crippen LogP contribution is -2.41. The van der Waals surface area contributed by atoms with Crippen LogP contribution in [-0.4, -0.2) is 29.4 Å². The van der Waals surface area contributed by atoms with Crippen molar-refractivity contribution in [1.29, 1.82) is 0 Å². The molecule has 0 aliphatic carbocycles. The van der Waals surface area contributed by atoms with Crippen molar-refractivity contribution in [1.82, 2.24) is 0 Å². The predicted molar refractivity (Wildman–Crippen MR) is 85.0 cm³/mol. The van der Waals surface area contributed by atoms with Gasteiger partial charge in [-0.25, -0.2) is 4.79 Å². The van der Waals surface area contributed by atoms with Gasteiger partial charge >= 0.3 is 5.97 Å². The number of thioether (sulfide) groups is 1. The molecular formula is C16H23NO2S. The van der Waals surface area contributed by atoms with Crippen molar-refractivity contribution in [2.24, 2.45) is 5.92 Å². The van der Waals surface area contributed by atoms with Crippen LogP contribution in [0.2, 0.25) is 0 Å². The van der Waals surface area contributed by atoms with Gasteiger partial charge in [-0.1, -0.05) is 19.9 Å². The summed E-state index contributed by atoms with van der Waals surface area (Å²) in [6.07, 6.45) is 2.26. The molecule has 1 fully saturated rings. The van der Waals surface area contributed by atoms with Crippen LogP contribution in [0.5, 0.6) is 0 Å². The van der Waals surface area contributed by atoms with Crippen LogP contribution in [-0.2, 0) is 0 Å². The lowest BCUT2D eigenvalue weighted by Gasteiger charge is -2.39. The number of carboxylic acids is 1. The molecule has 2 rings (SSSR count). The molecule has 2 atom stereocenters. The number of hydrogen-bond acceptors (Lipinski definition) is 3. The highest BCUT2D eigenvalue weighted by Gasteiger charge is 2.27. The average Bonchev–Trinajstić information content (AvgIpc) is 2.38. The fraction of sp³-hybridized carbons (Fsp3) is 0.562. The van der Waals surface area contributed by atoms with E-state index in [9.17, 15) is 9.90 Å². The molecule has 0 saturated carbocycles. The van der Waals surface area contributed by atoms with E-state index < -0.39 is 5.97 Å². The Kier molecular flexibility index (Phi) is 4.97. The third kappa shape index (κ3) is 3.11. The van der Waals surface area contributed by atoms with Gasteiger partial charge in [0.25, 0.3) is 0 Å². The van der Waals surface area contributed by atoms with Gasteiger partial charge in [-0.3, -0.25) is 0 Å². The number of nitrogens with zero attached hydrogens (tertiary/aromatic N) is 1. The van der Waals surface area contributed by atoms with E-state index in [0.29, 0.717) is 11.6 Å². The molecule has 4 heteroatoms. The van der Waals surface area contributed by atoms with Gasteiger partial charge in [0.15, 0.2) is 0 Å². The number of rotatable bonds is 4. The average molecular weight is 293 g/mol. The molecular weight excluding hydrogens is 270 g/mol. The minimum Gasteiger partial charge on any atom is -0.478 e. The van der Waals surface area contributed by atoms with E-state index >= 15 is 0 Å². The van der Waals surface area contributed by atoms with Crippen molar-refractivity contribution < 1.29 is 9.90 Å². The highest BCUT2D eigenvalue weighted by atomic mass is 32.2. The van der Waals surface area contributed by atoms with E-state index in [1.807, 2.05) is 25.1 Å². The van der Waals surface area contributed by atoms with Gasteiger partial charge in [0.1, 0.15) is 0 Å². The van der Waals surface area contributed by atoms with E-state index in [2.05, 4.69) is 18.7 Å². The topological polar surface area (TPSA) is 40.5 Å². The van der Waals surface area contributed by atoms with E-state index in [1.165, 1.54) is 0 Å². The molecule has 0 radical (unpaired) electrons. The SMILES string of the molecule is CCSc1cccc(N2CCC(C)CC2C)c1C(=O)O. The second kappa shape index (κ2) is 6.53. The number of benzene rings is 1. The number of carbonyl (C=O) groups is 1. The highest BCUT2D eigenvalue weighted by Crippen LogP contribution is 2.35. The normalized spacial score (nSPS) is 22.9. The van der Waals surface area contributed by atoms with Gasteiger partial charge in [0.2, 0.25) is 0 Å². The van der Waals surface area contributed by atoms with Crippen LogP contribution in [0.4, 0.5) is 5.69 Å². The van der Waals surface area contributed by atoms with Gasteiger partial charge in [-0.15, -0.1) is 11.8 Å². The smallest absolute Gasteiger partial charge is 0.338 e. The number of carboxylic acid groups (broad SMARTS) is 1. The first-order chi connectivity index (χ1) is 9.54. The maximum atomic E-state index is 11.7. The molecule has 3 nitrogen and oxygen atoms in total. The van der Waals surface area contributed by atoms with Gasteiger partial charge in [-0.2, -0.15) is 0 Å². The van der Waals surface area contributed by atoms with Gasteiger partial charge in [-0.05, 0) is 43.6 Å². The second-order valence-corrected chi connectivity index (χ2v) is 6.87. The molecule has 1 aliphatic heterocycles. The summed E-state index contributed by atoms with van der Waals surface area (Å²) in [5, 5.41) is 9.60. The number of hydrogen-bond donors (Lipinski definition) is 1. The summed E-state index contributed by atoms with van der Waals surface area (Å²) in [7, 11) is 0. The standard InChI is InChI=1S/C16H23NO2S/c1-4-20-14-7-5-6-13(15(14)16(18)19)17-9-8-11(2)10-12(17)3/h5-7,11-12H,4,8-10H2,1-3H3,(H,18,19). The van der Waals surface area contributed by atoms with Gasteiger partial charge in [0, 0.05) is 17.5 Å². The molecule has 0 spiro atoms. The number of anilines is 1. The van der Waals surface area contributed by atoms with Crippen molar-refractivity contribution in [3.63, 3.8) is 0 Å². The summed E-state index contributed by atoms with van der Waals surface area (Å²) in [5.41, 5.74) is 1.36. The van der Waals surface area contributed by atoms with Gasteiger partial charge in [0.05, 0.1) is 11.3 Å². The van der Waals surface area contributed by atoms with Crippen LogP contribution < -0.4 is 4.90 Å². The summed E-state index contributed by atoms with van der Waals surface area (Å²) in [5.74, 6) is 0.793. The minimum absolute atomic E-state index is 0.402. The van der Waals surface area contributed by atoms with Crippen LogP contribution in [0.1, 0.15) is 44.0 Å².